The van der Waals surface area contributed by atoms with Gasteiger partial charge in [-0.15, -0.1) is 0 Å². The zero-order chi connectivity index (χ0) is 48.2. The van der Waals surface area contributed by atoms with Gasteiger partial charge in [-0.2, -0.15) is 0 Å². The lowest BCUT2D eigenvalue weighted by atomic mass is 10.2. The fourth-order valence-corrected chi connectivity index (χ4v) is 18.6. The summed E-state index contributed by atoms with van der Waals surface area (Å²) in [5.41, 5.74) is 10.6. The Bertz CT molecular complexity index is 2740. The predicted molar refractivity (Wildman–Crippen MR) is 284 cm³/mol. The van der Waals surface area contributed by atoms with Crippen LogP contribution in [0.2, 0.25) is 0 Å². The molecule has 0 spiro atoms. The maximum absolute atomic E-state index is 8.77. The Labute approximate surface area is 411 Å². The van der Waals surface area contributed by atoms with Crippen LogP contribution in [0.25, 0.3) is 0 Å². The fourth-order valence-electron chi connectivity index (χ4n) is 9.03. The van der Waals surface area contributed by atoms with Crippen LogP contribution in [0.5, 0.6) is 11.5 Å². The van der Waals surface area contributed by atoms with Crippen molar-refractivity contribution in [2.75, 3.05) is 14.2 Å². The Morgan fingerprint density at radius 1 is 0.426 bits per heavy atom. The third-order valence-corrected chi connectivity index (χ3v) is 21.1. The van der Waals surface area contributed by atoms with E-state index in [-0.39, 0.29) is 12.4 Å². The molecule has 0 bridgehead atoms. The second kappa shape index (κ2) is 24.3. The quantitative estimate of drug-likeness (QED) is 0.122. The smallest absolute Gasteiger partial charge is 0.262 e. The Morgan fingerprint density at radius 2 is 0.721 bits per heavy atom. The van der Waals surface area contributed by atoms with E-state index in [0.717, 1.165) is 23.8 Å². The molecule has 0 fully saturated rings. The van der Waals surface area contributed by atoms with Crippen LogP contribution in [0, 0.1) is 41.5 Å². The highest BCUT2D eigenvalue weighted by Crippen LogP contribution is 2.61. The minimum absolute atomic E-state index is 0. The molecule has 0 amide bonds. The normalized spacial score (nSPS) is 11.2. The summed E-state index contributed by atoms with van der Waals surface area (Å²) >= 11 is 0. The molecule has 0 unspecified atom stereocenters. The van der Waals surface area contributed by atoms with Crippen molar-refractivity contribution in [2.45, 2.75) is 53.9 Å². The predicted octanol–water partition coefficient (Wildman–Crippen LogP) is 7.67. The van der Waals surface area contributed by atoms with Crippen LogP contribution in [0.4, 0.5) is 0 Å². The van der Waals surface area contributed by atoms with Crippen molar-refractivity contribution in [1.82, 2.24) is 0 Å². The third-order valence-electron chi connectivity index (χ3n) is 12.0. The van der Waals surface area contributed by atoms with Gasteiger partial charge in [0.2, 0.25) is 0 Å². The molecule has 0 saturated heterocycles. The molecule has 0 atom stereocenters. The summed E-state index contributed by atoms with van der Waals surface area (Å²) in [6.45, 7) is 13.3. The first-order chi connectivity index (χ1) is 32.1. The zero-order valence-electron chi connectivity index (χ0n) is 40.1. The highest BCUT2D eigenvalue weighted by Gasteiger charge is 2.49. The number of hydrogen-bond acceptors (Lipinski definition) is 4. The minimum atomic E-state index is -4.89. The molecule has 0 heterocycles. The molecule has 2 N–H and O–H groups in total. The molecule has 0 aromatic heterocycles. The Hall–Kier alpha value is -5.38. The SMILES string of the molecule is COc1cccc(C[P+](c2cccc(C)c2)(c2cccc(C)c2)c2cccc(C)c2)c1.COc1cccc(C[P+](c2ccccc2C)(c2ccccc2C)c2ccccc2C)c1.O=P([O-])(O)O.[Cl-]. The fraction of sp³-hybridized carbons (Fsp3) is 0.172. The van der Waals surface area contributed by atoms with Crippen LogP contribution in [0.1, 0.15) is 44.5 Å². The number of benzene rings is 8. The highest BCUT2D eigenvalue weighted by atomic mass is 35.5. The maximum Gasteiger partial charge on any atom is 0.262 e. The van der Waals surface area contributed by atoms with Crippen LogP contribution in [0.3, 0.4) is 0 Å². The summed E-state index contributed by atoms with van der Waals surface area (Å²) in [5, 5.41) is 8.65. The molecular formula is C58H62ClO6P3. The van der Waals surface area contributed by atoms with E-state index >= 15 is 0 Å². The van der Waals surface area contributed by atoms with Gasteiger partial charge < -0.3 is 36.6 Å². The molecule has 0 aliphatic rings. The van der Waals surface area contributed by atoms with Gasteiger partial charge in [-0.25, -0.2) is 0 Å². The zero-order valence-corrected chi connectivity index (χ0v) is 43.6. The lowest BCUT2D eigenvalue weighted by molar-refractivity contribution is -0.214. The Morgan fingerprint density at radius 3 is 1.01 bits per heavy atom. The van der Waals surface area contributed by atoms with Crippen LogP contribution in [-0.2, 0) is 16.9 Å². The van der Waals surface area contributed by atoms with E-state index < -0.39 is 22.3 Å². The van der Waals surface area contributed by atoms with Gasteiger partial charge in [-0.3, -0.25) is 4.57 Å². The monoisotopic (exact) mass is 982 g/mol. The summed E-state index contributed by atoms with van der Waals surface area (Å²) < 4.78 is 19.9. The molecule has 10 heteroatoms. The lowest BCUT2D eigenvalue weighted by Crippen LogP contribution is -3.00. The van der Waals surface area contributed by atoms with E-state index in [9.17, 15) is 0 Å². The van der Waals surface area contributed by atoms with Gasteiger partial charge in [-0.05, 0) is 165 Å². The number of aryl methyl sites for hydroxylation is 6. The molecule has 0 aliphatic heterocycles. The first kappa shape index (κ1) is 53.6. The molecular weight excluding hydrogens is 921 g/mol. The molecule has 352 valence electrons. The average molecular weight is 984 g/mol. The number of rotatable bonds is 12. The summed E-state index contributed by atoms with van der Waals surface area (Å²) in [4.78, 5) is 22.9. The van der Waals surface area contributed by atoms with Gasteiger partial charge in [0.15, 0.2) is 0 Å². The summed E-state index contributed by atoms with van der Waals surface area (Å²) in [5.74, 6) is 1.82. The van der Waals surface area contributed by atoms with Crippen LogP contribution in [-0.4, -0.2) is 24.0 Å². The number of methoxy groups -OCH3 is 2. The number of halogens is 1. The van der Waals surface area contributed by atoms with Crippen LogP contribution >= 0.6 is 22.3 Å². The standard InChI is InChI=1S/2C29H30OP.ClH.H3O4P/c1-22-9-5-14-27(17-22)31(28-15-6-10-23(2)18-28,29-16-7-11-24(3)19-29)21-25-12-8-13-26(20-25)30-4;1-22-12-5-8-17-27(22)31(28-18-9-6-13-23(28)2,29-19-10-7-14-24(29)3)21-25-15-11-16-26(20-25)30-4;;1-5(2,3)4/h2*5-20H,21H2,1-4H3;1H;(H3,1,2,3,4)/q2*+1;;/p-2. The topological polar surface area (TPSA) is 99.1 Å². The van der Waals surface area contributed by atoms with Gasteiger partial charge in [-0.1, -0.05) is 115 Å². The maximum atomic E-state index is 8.77. The summed E-state index contributed by atoms with van der Waals surface area (Å²) in [6.07, 6.45) is 1.92. The van der Waals surface area contributed by atoms with E-state index in [1.165, 1.54) is 76.3 Å². The number of ether oxygens (including phenoxy) is 2. The largest absolute Gasteiger partial charge is 1.00 e. The lowest BCUT2D eigenvalue weighted by Gasteiger charge is -2.31. The summed E-state index contributed by atoms with van der Waals surface area (Å²) in [6, 6.07) is 71.3. The van der Waals surface area contributed by atoms with Gasteiger partial charge in [0.1, 0.15) is 57.9 Å². The van der Waals surface area contributed by atoms with Gasteiger partial charge >= 0.3 is 0 Å². The van der Waals surface area contributed by atoms with E-state index in [2.05, 4.69) is 224 Å². The molecule has 8 rings (SSSR count). The molecule has 8 aromatic rings. The Balaban J connectivity index is 0.000000228. The summed E-state index contributed by atoms with van der Waals surface area (Å²) in [7, 11) is -5.32. The Kier molecular flexibility index (Phi) is 19.1. The third kappa shape index (κ3) is 13.2. The molecule has 0 aliphatic carbocycles. The van der Waals surface area contributed by atoms with Gasteiger partial charge in [0.05, 0.1) is 26.5 Å². The molecule has 6 nitrogen and oxygen atoms in total. The molecule has 0 saturated carbocycles. The first-order valence-corrected chi connectivity index (χ1v) is 27.7. The van der Waals surface area contributed by atoms with Crippen molar-refractivity contribution >= 4 is 54.2 Å². The minimum Gasteiger partial charge on any atom is -1.00 e. The van der Waals surface area contributed by atoms with Crippen molar-refractivity contribution < 1.29 is 41.1 Å². The molecule has 68 heavy (non-hydrogen) atoms. The van der Waals surface area contributed by atoms with Crippen molar-refractivity contribution in [1.29, 1.82) is 0 Å². The van der Waals surface area contributed by atoms with Crippen LogP contribution in [0.15, 0.2) is 194 Å². The molecule has 8 aromatic carbocycles. The second-order valence-electron chi connectivity index (χ2n) is 17.0. The number of hydrogen-bond donors (Lipinski definition) is 2. The van der Waals surface area contributed by atoms with E-state index in [1.807, 2.05) is 12.1 Å². The molecule has 0 radical (unpaired) electrons. The number of phosphoric acid groups is 1. The van der Waals surface area contributed by atoms with Gasteiger partial charge in [0.25, 0.3) is 7.82 Å². The van der Waals surface area contributed by atoms with Crippen molar-refractivity contribution in [2.24, 2.45) is 0 Å². The van der Waals surface area contributed by atoms with Crippen molar-refractivity contribution in [3.63, 3.8) is 0 Å². The average Bonchev–Trinajstić information content (AvgIpc) is 3.30. The van der Waals surface area contributed by atoms with Crippen LogP contribution < -0.4 is 58.6 Å². The van der Waals surface area contributed by atoms with Crippen molar-refractivity contribution in [3.05, 3.63) is 239 Å². The van der Waals surface area contributed by atoms with E-state index in [1.54, 1.807) is 14.2 Å². The first-order valence-electron chi connectivity index (χ1n) is 22.3. The van der Waals surface area contributed by atoms with Gasteiger partial charge in [0, 0.05) is 0 Å². The second-order valence-corrected chi connectivity index (χ2v) is 24.9. The van der Waals surface area contributed by atoms with E-state index in [0.29, 0.717) is 0 Å². The van der Waals surface area contributed by atoms with Crippen molar-refractivity contribution in [3.8, 4) is 11.5 Å². The van der Waals surface area contributed by atoms with E-state index in [4.69, 9.17) is 28.7 Å². The highest BCUT2D eigenvalue weighted by molar-refractivity contribution is 7.95.